The SMILES string of the molecule is CCn1c(C)nc2cc(C(=O)NNC(=O)c3ccc4c(c3)NC(=O)C(C)S4)ccc21. The van der Waals surface area contributed by atoms with Crippen LogP contribution in [0.3, 0.4) is 0 Å². The number of nitrogens with zero attached hydrogens (tertiary/aromatic N) is 2. The smallest absolute Gasteiger partial charge is 0.269 e. The van der Waals surface area contributed by atoms with E-state index in [0.717, 1.165) is 28.3 Å². The lowest BCUT2D eigenvalue weighted by Crippen LogP contribution is -2.41. The fraction of sp³-hybridized carbons (Fsp3) is 0.238. The molecule has 0 aliphatic carbocycles. The molecule has 1 unspecified atom stereocenters. The number of nitrogens with one attached hydrogen (secondary N) is 3. The Kier molecular flexibility index (Phi) is 5.21. The van der Waals surface area contributed by atoms with Gasteiger partial charge in [-0.2, -0.15) is 0 Å². The third-order valence-electron chi connectivity index (χ3n) is 4.98. The van der Waals surface area contributed by atoms with Crippen LogP contribution in [0.2, 0.25) is 0 Å². The molecule has 9 heteroatoms. The highest BCUT2D eigenvalue weighted by Crippen LogP contribution is 2.35. The zero-order chi connectivity index (χ0) is 21.4. The van der Waals surface area contributed by atoms with Crippen molar-refractivity contribution in [1.82, 2.24) is 20.4 Å². The van der Waals surface area contributed by atoms with E-state index < -0.39 is 11.8 Å². The third kappa shape index (κ3) is 3.63. The number of carbonyl (C=O) groups is 3. The number of anilines is 1. The molecule has 0 saturated heterocycles. The second kappa shape index (κ2) is 7.83. The monoisotopic (exact) mass is 423 g/mol. The van der Waals surface area contributed by atoms with E-state index in [1.807, 2.05) is 26.8 Å². The largest absolute Gasteiger partial charge is 0.329 e. The maximum Gasteiger partial charge on any atom is 0.269 e. The summed E-state index contributed by atoms with van der Waals surface area (Å²) in [6, 6.07) is 10.3. The van der Waals surface area contributed by atoms with Crippen molar-refractivity contribution in [2.24, 2.45) is 0 Å². The van der Waals surface area contributed by atoms with Crippen LogP contribution in [0.25, 0.3) is 11.0 Å². The number of aromatic nitrogens is 2. The van der Waals surface area contributed by atoms with Crippen molar-refractivity contribution in [3.63, 3.8) is 0 Å². The molecule has 1 aliphatic heterocycles. The molecule has 3 aromatic rings. The van der Waals surface area contributed by atoms with Gasteiger partial charge >= 0.3 is 0 Å². The number of hydrogen-bond donors (Lipinski definition) is 3. The van der Waals surface area contributed by atoms with E-state index in [2.05, 4.69) is 25.7 Å². The first-order chi connectivity index (χ1) is 14.4. The molecule has 1 atom stereocenters. The van der Waals surface area contributed by atoms with Gasteiger partial charge in [-0.15, -0.1) is 11.8 Å². The molecule has 8 nitrogen and oxygen atoms in total. The van der Waals surface area contributed by atoms with Gasteiger partial charge in [-0.25, -0.2) is 4.98 Å². The molecular formula is C21H21N5O3S. The molecule has 1 aliphatic rings. The Hall–Kier alpha value is -3.33. The molecular weight excluding hydrogens is 402 g/mol. The summed E-state index contributed by atoms with van der Waals surface area (Å²) in [7, 11) is 0. The molecule has 3 amide bonds. The summed E-state index contributed by atoms with van der Waals surface area (Å²) in [6.07, 6.45) is 0. The van der Waals surface area contributed by atoms with E-state index >= 15 is 0 Å². The minimum Gasteiger partial charge on any atom is -0.329 e. The molecule has 0 spiro atoms. The number of carbonyl (C=O) groups excluding carboxylic acids is 3. The Labute approximate surface area is 177 Å². The number of thioether (sulfide) groups is 1. The van der Waals surface area contributed by atoms with Gasteiger partial charge in [0.05, 0.1) is 22.0 Å². The van der Waals surface area contributed by atoms with Gasteiger partial charge in [-0.1, -0.05) is 0 Å². The summed E-state index contributed by atoms with van der Waals surface area (Å²) in [5, 5.41) is 2.61. The van der Waals surface area contributed by atoms with E-state index in [-0.39, 0.29) is 11.2 Å². The standard InChI is InChI=1S/C21H21N5O3S/c1-4-26-12(3)22-15-9-13(5-7-17(15)26)20(28)24-25-21(29)14-6-8-18-16(10-14)23-19(27)11(2)30-18/h5-11H,4H2,1-3H3,(H,23,27)(H,24,28)(H,25,29). The Morgan fingerprint density at radius 3 is 2.50 bits per heavy atom. The molecule has 30 heavy (non-hydrogen) atoms. The fourth-order valence-electron chi connectivity index (χ4n) is 3.40. The number of imidazole rings is 1. The van der Waals surface area contributed by atoms with Crippen LogP contribution in [0.4, 0.5) is 5.69 Å². The molecule has 4 rings (SSSR count). The molecule has 3 N–H and O–H groups in total. The average Bonchev–Trinajstić information content (AvgIpc) is 3.06. The van der Waals surface area contributed by atoms with Crippen molar-refractivity contribution in [3.05, 3.63) is 53.3 Å². The summed E-state index contributed by atoms with van der Waals surface area (Å²) >= 11 is 1.44. The van der Waals surface area contributed by atoms with Crippen LogP contribution in [-0.2, 0) is 11.3 Å². The van der Waals surface area contributed by atoms with Crippen molar-refractivity contribution in [2.75, 3.05) is 5.32 Å². The highest BCUT2D eigenvalue weighted by molar-refractivity contribution is 8.00. The molecule has 0 fully saturated rings. The van der Waals surface area contributed by atoms with E-state index in [1.54, 1.807) is 30.3 Å². The van der Waals surface area contributed by atoms with Crippen LogP contribution in [0, 0.1) is 6.92 Å². The third-order valence-corrected chi connectivity index (χ3v) is 6.16. The first-order valence-corrected chi connectivity index (χ1v) is 10.4. The van der Waals surface area contributed by atoms with Gasteiger partial charge in [-0.05, 0) is 57.2 Å². The normalized spacial score (nSPS) is 15.4. The van der Waals surface area contributed by atoms with Gasteiger partial charge in [-0.3, -0.25) is 25.2 Å². The van der Waals surface area contributed by atoms with E-state index in [0.29, 0.717) is 16.8 Å². The number of rotatable bonds is 3. The van der Waals surface area contributed by atoms with Gasteiger partial charge in [0, 0.05) is 22.6 Å². The maximum atomic E-state index is 12.5. The van der Waals surface area contributed by atoms with Crippen LogP contribution in [0.1, 0.15) is 40.4 Å². The lowest BCUT2D eigenvalue weighted by Gasteiger charge is -2.21. The summed E-state index contributed by atoms with van der Waals surface area (Å²) in [5.41, 5.74) is 7.85. The highest BCUT2D eigenvalue weighted by Gasteiger charge is 2.24. The number of fused-ring (bicyclic) bond motifs is 2. The van der Waals surface area contributed by atoms with Crippen molar-refractivity contribution in [1.29, 1.82) is 0 Å². The van der Waals surface area contributed by atoms with Gasteiger partial charge in [0.25, 0.3) is 11.8 Å². The lowest BCUT2D eigenvalue weighted by atomic mass is 10.1. The second-order valence-electron chi connectivity index (χ2n) is 6.98. The van der Waals surface area contributed by atoms with E-state index in [1.165, 1.54) is 11.8 Å². The highest BCUT2D eigenvalue weighted by atomic mass is 32.2. The van der Waals surface area contributed by atoms with E-state index in [9.17, 15) is 14.4 Å². The van der Waals surface area contributed by atoms with Crippen molar-refractivity contribution in [3.8, 4) is 0 Å². The minimum absolute atomic E-state index is 0.102. The molecule has 154 valence electrons. The predicted molar refractivity (Wildman–Crippen MR) is 115 cm³/mol. The Balaban J connectivity index is 1.45. The summed E-state index contributed by atoms with van der Waals surface area (Å²) in [6.45, 7) is 6.58. The summed E-state index contributed by atoms with van der Waals surface area (Å²) < 4.78 is 2.06. The number of hydrazine groups is 1. The van der Waals surface area contributed by atoms with Crippen LogP contribution in [0.5, 0.6) is 0 Å². The summed E-state index contributed by atoms with van der Waals surface area (Å²) in [5.74, 6) is -0.138. The van der Waals surface area contributed by atoms with Crippen molar-refractivity contribution >= 4 is 46.2 Å². The lowest BCUT2D eigenvalue weighted by molar-refractivity contribution is -0.115. The van der Waals surface area contributed by atoms with Crippen LogP contribution in [0.15, 0.2) is 41.3 Å². The van der Waals surface area contributed by atoms with Crippen LogP contribution >= 0.6 is 11.8 Å². The Morgan fingerprint density at radius 2 is 1.80 bits per heavy atom. The average molecular weight is 423 g/mol. The zero-order valence-corrected chi connectivity index (χ0v) is 17.6. The maximum absolute atomic E-state index is 12.5. The number of hydrogen-bond acceptors (Lipinski definition) is 5. The van der Waals surface area contributed by atoms with Crippen molar-refractivity contribution < 1.29 is 14.4 Å². The van der Waals surface area contributed by atoms with Crippen molar-refractivity contribution in [2.45, 2.75) is 37.5 Å². The molecule has 0 bridgehead atoms. The molecule has 0 saturated carbocycles. The Bertz CT molecular complexity index is 1190. The van der Waals surface area contributed by atoms with Crippen LogP contribution in [-0.4, -0.2) is 32.5 Å². The molecule has 0 radical (unpaired) electrons. The van der Waals surface area contributed by atoms with Gasteiger partial charge in [0.15, 0.2) is 0 Å². The molecule has 1 aromatic heterocycles. The second-order valence-corrected chi connectivity index (χ2v) is 8.36. The number of amides is 3. The summed E-state index contributed by atoms with van der Waals surface area (Å²) in [4.78, 5) is 42.2. The predicted octanol–water partition coefficient (Wildman–Crippen LogP) is 2.87. The first kappa shape index (κ1) is 20.0. The van der Waals surface area contributed by atoms with E-state index in [4.69, 9.17) is 0 Å². The Morgan fingerprint density at radius 1 is 1.13 bits per heavy atom. The first-order valence-electron chi connectivity index (χ1n) is 9.56. The topological polar surface area (TPSA) is 105 Å². The zero-order valence-electron chi connectivity index (χ0n) is 16.8. The molecule has 2 aromatic carbocycles. The van der Waals surface area contributed by atoms with Gasteiger partial charge < -0.3 is 9.88 Å². The minimum atomic E-state index is -0.476. The number of aryl methyl sites for hydroxylation is 2. The fourth-order valence-corrected chi connectivity index (χ4v) is 4.33. The van der Waals surface area contributed by atoms with Gasteiger partial charge in [0.2, 0.25) is 5.91 Å². The molecule has 2 heterocycles. The number of benzene rings is 2. The van der Waals surface area contributed by atoms with Gasteiger partial charge in [0.1, 0.15) is 5.82 Å². The van der Waals surface area contributed by atoms with Crippen LogP contribution < -0.4 is 16.2 Å². The quantitative estimate of drug-likeness (QED) is 0.562.